The zero-order valence-electron chi connectivity index (χ0n) is 17.0. The van der Waals surface area contributed by atoms with Gasteiger partial charge in [-0.1, -0.05) is 33.8 Å². The van der Waals surface area contributed by atoms with Gasteiger partial charge in [0.1, 0.15) is 0 Å². The van der Waals surface area contributed by atoms with Crippen LogP contribution in [0.25, 0.3) is 0 Å². The van der Waals surface area contributed by atoms with Gasteiger partial charge in [0.25, 0.3) is 0 Å². The van der Waals surface area contributed by atoms with Crippen LogP contribution in [0.3, 0.4) is 0 Å². The first-order chi connectivity index (χ1) is 11.0. The molecule has 0 radical (unpaired) electrons. The predicted octanol–water partition coefficient (Wildman–Crippen LogP) is 4.93. The third-order valence-corrected chi connectivity index (χ3v) is 4.38. The minimum atomic E-state index is 0.186. The van der Waals surface area contributed by atoms with Gasteiger partial charge in [0.15, 0.2) is 0 Å². The summed E-state index contributed by atoms with van der Waals surface area (Å²) in [6.07, 6.45) is 12.0. The second-order valence-corrected chi connectivity index (χ2v) is 9.43. The van der Waals surface area contributed by atoms with Crippen LogP contribution < -0.4 is 11.1 Å². The van der Waals surface area contributed by atoms with E-state index < -0.39 is 0 Å². The third-order valence-electron chi connectivity index (χ3n) is 4.38. The number of rotatable bonds is 8. The maximum absolute atomic E-state index is 6.30. The van der Waals surface area contributed by atoms with Gasteiger partial charge in [-0.2, -0.15) is 0 Å². The predicted molar refractivity (Wildman–Crippen MR) is 105 cm³/mol. The van der Waals surface area contributed by atoms with Crippen molar-refractivity contribution in [1.82, 2.24) is 5.32 Å². The molecular formula is C21H40N2O. The first-order valence-electron chi connectivity index (χ1n) is 9.54. The topological polar surface area (TPSA) is 47.3 Å². The molecule has 0 aliphatic heterocycles. The summed E-state index contributed by atoms with van der Waals surface area (Å²) < 4.78 is 6.30. The zero-order valence-corrected chi connectivity index (χ0v) is 17.0. The van der Waals surface area contributed by atoms with E-state index in [-0.39, 0.29) is 11.6 Å². The molecule has 140 valence electrons. The van der Waals surface area contributed by atoms with Crippen molar-refractivity contribution in [3.63, 3.8) is 0 Å². The highest BCUT2D eigenvalue weighted by atomic mass is 16.5. The van der Waals surface area contributed by atoms with Crippen LogP contribution in [-0.2, 0) is 4.74 Å². The maximum Gasteiger partial charge on any atom is 0.0762 e. The van der Waals surface area contributed by atoms with Crippen LogP contribution in [0.4, 0.5) is 0 Å². The fourth-order valence-electron chi connectivity index (χ4n) is 3.01. The Kier molecular flexibility index (Phi) is 8.01. The van der Waals surface area contributed by atoms with E-state index in [4.69, 9.17) is 10.5 Å². The Morgan fingerprint density at radius 1 is 1.21 bits per heavy atom. The highest BCUT2D eigenvalue weighted by molar-refractivity contribution is 5.20. The molecule has 3 nitrogen and oxygen atoms in total. The van der Waals surface area contributed by atoms with Gasteiger partial charge >= 0.3 is 0 Å². The smallest absolute Gasteiger partial charge is 0.0762 e. The number of allylic oxidation sites excluding steroid dienone is 2. The lowest BCUT2D eigenvalue weighted by Crippen LogP contribution is -2.53. The minimum Gasteiger partial charge on any atom is -0.405 e. The van der Waals surface area contributed by atoms with Crippen molar-refractivity contribution in [2.45, 2.75) is 104 Å². The molecule has 0 spiro atoms. The molecule has 3 heteroatoms. The van der Waals surface area contributed by atoms with Crippen molar-refractivity contribution in [1.29, 1.82) is 0 Å². The molecule has 1 aliphatic rings. The Labute approximate surface area is 150 Å². The highest BCUT2D eigenvalue weighted by Crippen LogP contribution is 2.28. The quantitative estimate of drug-likeness (QED) is 0.618. The van der Waals surface area contributed by atoms with E-state index in [0.29, 0.717) is 17.6 Å². The molecule has 1 atom stereocenters. The average Bonchev–Trinajstić information content (AvgIpc) is 2.39. The molecule has 1 aliphatic carbocycles. The highest BCUT2D eigenvalue weighted by Gasteiger charge is 2.33. The number of hydrogen-bond acceptors (Lipinski definition) is 3. The third kappa shape index (κ3) is 8.89. The molecule has 0 bridgehead atoms. The molecular weight excluding hydrogens is 296 g/mol. The molecule has 0 amide bonds. The van der Waals surface area contributed by atoms with Gasteiger partial charge in [0, 0.05) is 11.6 Å². The van der Waals surface area contributed by atoms with Gasteiger partial charge in [-0.3, -0.25) is 0 Å². The fourth-order valence-corrected chi connectivity index (χ4v) is 3.01. The lowest BCUT2D eigenvalue weighted by Gasteiger charge is -2.41. The summed E-state index contributed by atoms with van der Waals surface area (Å²) in [4.78, 5) is 0. The van der Waals surface area contributed by atoms with E-state index in [1.54, 1.807) is 6.20 Å². The molecule has 0 saturated heterocycles. The second-order valence-electron chi connectivity index (χ2n) is 9.43. The van der Waals surface area contributed by atoms with Gasteiger partial charge < -0.3 is 15.8 Å². The van der Waals surface area contributed by atoms with E-state index in [1.165, 1.54) is 5.57 Å². The zero-order chi connectivity index (χ0) is 18.4. The molecule has 0 heterocycles. The summed E-state index contributed by atoms with van der Waals surface area (Å²) in [5, 5.41) is 3.65. The van der Waals surface area contributed by atoms with Crippen molar-refractivity contribution in [2.75, 3.05) is 0 Å². The van der Waals surface area contributed by atoms with Gasteiger partial charge in [-0.25, -0.2) is 0 Å². The Morgan fingerprint density at radius 2 is 1.83 bits per heavy atom. The Bertz CT molecular complexity index is 420. The van der Waals surface area contributed by atoms with Crippen LogP contribution in [0.2, 0.25) is 0 Å². The maximum atomic E-state index is 6.30. The summed E-state index contributed by atoms with van der Waals surface area (Å²) >= 11 is 0. The largest absolute Gasteiger partial charge is 0.405 e. The van der Waals surface area contributed by atoms with Crippen molar-refractivity contribution >= 4 is 0 Å². The molecule has 1 saturated carbocycles. The normalized spacial score (nSPS) is 24.2. The first kappa shape index (κ1) is 21.2. The number of nitrogens with two attached hydrogens (primary N) is 1. The lowest BCUT2D eigenvalue weighted by molar-refractivity contribution is -0.0506. The molecule has 0 aromatic heterocycles. The average molecular weight is 337 g/mol. The van der Waals surface area contributed by atoms with E-state index >= 15 is 0 Å². The molecule has 0 aromatic carbocycles. The SMILES string of the molecule is CCC(/C=C(\C=C/N)CCC(C)(C)C)O[C@H]1C[C@H](NC(C)(C)C)C1. The van der Waals surface area contributed by atoms with Gasteiger partial charge in [-0.05, 0) is 76.1 Å². The standard InChI is InChI=1S/C21H40N2O/c1-8-18(13-16(10-12-22)9-11-20(2,3)4)24-19-14-17(15-19)23-21(5,6)7/h10,12-13,17-19,23H,8-9,11,14-15,22H2,1-7H3/b12-10-,16-13-/t17-,18?,19-. The van der Waals surface area contributed by atoms with Crippen LogP contribution in [0, 0.1) is 5.41 Å². The molecule has 24 heavy (non-hydrogen) atoms. The molecule has 1 fully saturated rings. The van der Waals surface area contributed by atoms with Crippen molar-refractivity contribution in [3.05, 3.63) is 23.9 Å². The Balaban J connectivity index is 2.52. The van der Waals surface area contributed by atoms with Crippen molar-refractivity contribution < 1.29 is 4.74 Å². The number of hydrogen-bond donors (Lipinski definition) is 2. The van der Waals surface area contributed by atoms with Gasteiger partial charge in [0.2, 0.25) is 0 Å². The van der Waals surface area contributed by atoms with Crippen LogP contribution >= 0.6 is 0 Å². The molecule has 3 N–H and O–H groups in total. The lowest BCUT2D eigenvalue weighted by atomic mass is 9.86. The Morgan fingerprint density at radius 3 is 2.29 bits per heavy atom. The second kappa shape index (κ2) is 9.05. The van der Waals surface area contributed by atoms with Crippen LogP contribution in [-0.4, -0.2) is 23.8 Å². The van der Waals surface area contributed by atoms with Gasteiger partial charge in [0.05, 0.1) is 12.2 Å². The molecule has 1 rings (SSSR count). The fraction of sp³-hybridized carbons (Fsp3) is 0.810. The summed E-state index contributed by atoms with van der Waals surface area (Å²) in [7, 11) is 0. The van der Waals surface area contributed by atoms with Crippen molar-refractivity contribution in [3.8, 4) is 0 Å². The molecule has 1 unspecified atom stereocenters. The van der Waals surface area contributed by atoms with Crippen LogP contribution in [0.1, 0.15) is 80.6 Å². The van der Waals surface area contributed by atoms with Crippen LogP contribution in [0.5, 0.6) is 0 Å². The van der Waals surface area contributed by atoms with Crippen molar-refractivity contribution in [2.24, 2.45) is 11.1 Å². The monoisotopic (exact) mass is 336 g/mol. The molecule has 0 aromatic rings. The minimum absolute atomic E-state index is 0.186. The van der Waals surface area contributed by atoms with Gasteiger partial charge in [-0.15, -0.1) is 0 Å². The Hall–Kier alpha value is -0.800. The number of ether oxygens (including phenoxy) is 1. The summed E-state index contributed by atoms with van der Waals surface area (Å²) in [5.41, 5.74) is 7.45. The van der Waals surface area contributed by atoms with Crippen LogP contribution in [0.15, 0.2) is 23.9 Å². The van der Waals surface area contributed by atoms with E-state index in [1.807, 2.05) is 6.08 Å². The first-order valence-corrected chi connectivity index (χ1v) is 9.54. The van der Waals surface area contributed by atoms with E-state index in [0.717, 1.165) is 32.1 Å². The summed E-state index contributed by atoms with van der Waals surface area (Å²) in [6, 6.07) is 0.598. The van der Waals surface area contributed by atoms with E-state index in [2.05, 4.69) is 59.9 Å². The summed E-state index contributed by atoms with van der Waals surface area (Å²) in [6.45, 7) is 15.7. The van der Waals surface area contributed by atoms with E-state index in [9.17, 15) is 0 Å². The number of nitrogens with one attached hydrogen (secondary N) is 1. The summed E-state index contributed by atoms with van der Waals surface area (Å²) in [5.74, 6) is 0.